The van der Waals surface area contributed by atoms with Gasteiger partial charge in [0.1, 0.15) is 11.4 Å². The number of rotatable bonds is 4. The van der Waals surface area contributed by atoms with Crippen molar-refractivity contribution in [3.8, 4) is 0 Å². The van der Waals surface area contributed by atoms with E-state index in [0.717, 1.165) is 0 Å². The first-order valence-corrected chi connectivity index (χ1v) is 8.41. The second-order valence-corrected chi connectivity index (χ2v) is 6.29. The molecule has 0 unspecified atom stereocenters. The number of pyridine rings is 1. The van der Waals surface area contributed by atoms with Gasteiger partial charge in [-0.2, -0.15) is 0 Å². The van der Waals surface area contributed by atoms with Crippen LogP contribution in [0.5, 0.6) is 0 Å². The third-order valence-corrected chi connectivity index (χ3v) is 4.58. The SMILES string of the molecule is O=C(Nc1cccc(Cl)c1Cl)c1cccn(Cc2ccccc2F)c1=O. The lowest BCUT2D eigenvalue weighted by Crippen LogP contribution is -2.29. The number of aromatic nitrogens is 1. The zero-order valence-corrected chi connectivity index (χ0v) is 14.9. The molecule has 0 spiro atoms. The molecule has 0 aliphatic carbocycles. The molecule has 3 rings (SSSR count). The monoisotopic (exact) mass is 390 g/mol. The van der Waals surface area contributed by atoms with Crippen LogP contribution in [-0.4, -0.2) is 10.5 Å². The maximum Gasteiger partial charge on any atom is 0.263 e. The van der Waals surface area contributed by atoms with Crippen molar-refractivity contribution < 1.29 is 9.18 Å². The fourth-order valence-corrected chi connectivity index (χ4v) is 2.78. The molecule has 132 valence electrons. The van der Waals surface area contributed by atoms with Crippen molar-refractivity contribution in [2.24, 2.45) is 0 Å². The summed E-state index contributed by atoms with van der Waals surface area (Å²) in [5.74, 6) is -1.04. The van der Waals surface area contributed by atoms with E-state index in [1.54, 1.807) is 42.5 Å². The van der Waals surface area contributed by atoms with E-state index >= 15 is 0 Å². The second kappa shape index (κ2) is 7.72. The molecule has 4 nitrogen and oxygen atoms in total. The summed E-state index contributed by atoms with van der Waals surface area (Å²) in [6, 6.07) is 13.9. The van der Waals surface area contributed by atoms with E-state index in [1.165, 1.54) is 22.9 Å². The van der Waals surface area contributed by atoms with Gasteiger partial charge in [0.2, 0.25) is 0 Å². The zero-order chi connectivity index (χ0) is 18.7. The molecule has 2 aromatic carbocycles. The van der Waals surface area contributed by atoms with E-state index in [9.17, 15) is 14.0 Å². The van der Waals surface area contributed by atoms with E-state index in [1.807, 2.05) is 0 Å². The van der Waals surface area contributed by atoms with Crippen LogP contribution in [-0.2, 0) is 6.54 Å². The summed E-state index contributed by atoms with van der Waals surface area (Å²) in [6.07, 6.45) is 1.50. The van der Waals surface area contributed by atoms with Gasteiger partial charge in [0, 0.05) is 11.8 Å². The number of nitrogens with zero attached hydrogens (tertiary/aromatic N) is 1. The van der Waals surface area contributed by atoms with Gasteiger partial charge in [0.15, 0.2) is 0 Å². The maximum atomic E-state index is 13.8. The average molecular weight is 391 g/mol. The third-order valence-electron chi connectivity index (χ3n) is 3.76. The highest BCUT2D eigenvalue weighted by molar-refractivity contribution is 6.44. The standard InChI is InChI=1S/C19H13Cl2FN2O2/c20-14-7-3-9-16(17(14)21)23-18(25)13-6-4-10-24(19(13)26)11-12-5-1-2-8-15(12)22/h1-10H,11H2,(H,23,25). The van der Waals surface area contributed by atoms with Crippen molar-refractivity contribution in [3.05, 3.63) is 98.1 Å². The minimum atomic E-state index is -0.623. The molecule has 0 saturated carbocycles. The van der Waals surface area contributed by atoms with E-state index in [-0.39, 0.29) is 22.2 Å². The summed E-state index contributed by atoms with van der Waals surface area (Å²) in [7, 11) is 0. The number of amides is 1. The van der Waals surface area contributed by atoms with Gasteiger partial charge in [0.05, 0.1) is 22.3 Å². The smallest absolute Gasteiger partial charge is 0.263 e. The molecule has 0 aliphatic rings. The number of benzene rings is 2. The minimum Gasteiger partial charge on any atom is -0.320 e. The van der Waals surface area contributed by atoms with Crippen LogP contribution in [0, 0.1) is 5.82 Å². The van der Waals surface area contributed by atoms with Crippen LogP contribution < -0.4 is 10.9 Å². The van der Waals surface area contributed by atoms with Crippen LogP contribution in [0.25, 0.3) is 0 Å². The van der Waals surface area contributed by atoms with E-state index in [0.29, 0.717) is 11.3 Å². The number of carbonyl (C=O) groups is 1. The number of hydrogen-bond acceptors (Lipinski definition) is 2. The molecule has 0 aliphatic heterocycles. The van der Waals surface area contributed by atoms with Crippen LogP contribution in [0.3, 0.4) is 0 Å². The van der Waals surface area contributed by atoms with Crippen molar-refractivity contribution >= 4 is 34.8 Å². The lowest BCUT2D eigenvalue weighted by Gasteiger charge is -2.10. The minimum absolute atomic E-state index is 0.0184. The Hall–Kier alpha value is -2.63. The number of anilines is 1. The van der Waals surface area contributed by atoms with Gasteiger partial charge in [-0.25, -0.2) is 4.39 Å². The van der Waals surface area contributed by atoms with Crippen LogP contribution in [0.15, 0.2) is 65.6 Å². The molecule has 1 heterocycles. The largest absolute Gasteiger partial charge is 0.320 e. The fraction of sp³-hybridized carbons (Fsp3) is 0.0526. The highest BCUT2D eigenvalue weighted by Crippen LogP contribution is 2.29. The molecule has 7 heteroatoms. The molecule has 0 radical (unpaired) electrons. The average Bonchev–Trinajstić information content (AvgIpc) is 2.62. The normalized spacial score (nSPS) is 10.6. The molecular formula is C19H13Cl2FN2O2. The Balaban J connectivity index is 1.89. The van der Waals surface area contributed by atoms with Crippen LogP contribution in [0.1, 0.15) is 15.9 Å². The van der Waals surface area contributed by atoms with Crippen molar-refractivity contribution in [2.45, 2.75) is 6.54 Å². The van der Waals surface area contributed by atoms with Crippen molar-refractivity contribution in [3.63, 3.8) is 0 Å². The van der Waals surface area contributed by atoms with Gasteiger partial charge < -0.3 is 9.88 Å². The molecule has 1 aromatic heterocycles. The molecule has 0 saturated heterocycles. The maximum absolute atomic E-state index is 13.8. The molecule has 0 fully saturated rings. The molecule has 0 atom stereocenters. The van der Waals surface area contributed by atoms with E-state index in [2.05, 4.69) is 5.32 Å². The molecule has 1 N–H and O–H groups in total. The summed E-state index contributed by atoms with van der Waals surface area (Å²) in [6.45, 7) is 0.0184. The van der Waals surface area contributed by atoms with Gasteiger partial charge in [-0.15, -0.1) is 0 Å². The first kappa shape index (κ1) is 18.2. The van der Waals surface area contributed by atoms with Crippen molar-refractivity contribution in [1.82, 2.24) is 4.57 Å². The predicted octanol–water partition coefficient (Wildman–Crippen LogP) is 4.59. The number of nitrogens with one attached hydrogen (secondary N) is 1. The predicted molar refractivity (Wildman–Crippen MR) is 101 cm³/mol. The summed E-state index contributed by atoms with van der Waals surface area (Å²) < 4.78 is 15.1. The molecule has 1 amide bonds. The molecule has 3 aromatic rings. The van der Waals surface area contributed by atoms with Crippen LogP contribution >= 0.6 is 23.2 Å². The van der Waals surface area contributed by atoms with Gasteiger partial charge in [-0.1, -0.05) is 47.5 Å². The van der Waals surface area contributed by atoms with Crippen LogP contribution in [0.2, 0.25) is 10.0 Å². The van der Waals surface area contributed by atoms with Gasteiger partial charge in [-0.3, -0.25) is 9.59 Å². The lowest BCUT2D eigenvalue weighted by atomic mass is 10.2. The number of halogens is 3. The first-order chi connectivity index (χ1) is 12.5. The Morgan fingerprint density at radius 2 is 1.81 bits per heavy atom. The first-order valence-electron chi connectivity index (χ1n) is 7.65. The van der Waals surface area contributed by atoms with Gasteiger partial charge >= 0.3 is 0 Å². The van der Waals surface area contributed by atoms with E-state index in [4.69, 9.17) is 23.2 Å². The van der Waals surface area contributed by atoms with Gasteiger partial charge in [-0.05, 0) is 30.3 Å². The fourth-order valence-electron chi connectivity index (χ4n) is 2.43. The number of carbonyl (C=O) groups excluding carboxylic acids is 1. The Morgan fingerprint density at radius 3 is 2.58 bits per heavy atom. The molecular weight excluding hydrogens is 378 g/mol. The quantitative estimate of drug-likeness (QED) is 0.707. The Labute approximate surface area is 158 Å². The van der Waals surface area contributed by atoms with Gasteiger partial charge in [0.25, 0.3) is 11.5 Å². The Morgan fingerprint density at radius 1 is 1.04 bits per heavy atom. The van der Waals surface area contributed by atoms with Crippen molar-refractivity contribution in [2.75, 3.05) is 5.32 Å². The Kier molecular flexibility index (Phi) is 5.40. The lowest BCUT2D eigenvalue weighted by molar-refractivity contribution is 0.102. The van der Waals surface area contributed by atoms with E-state index < -0.39 is 17.3 Å². The summed E-state index contributed by atoms with van der Waals surface area (Å²) in [5, 5.41) is 3.04. The summed E-state index contributed by atoms with van der Waals surface area (Å²) in [4.78, 5) is 25.1. The molecule has 26 heavy (non-hydrogen) atoms. The highest BCUT2D eigenvalue weighted by Gasteiger charge is 2.15. The molecule has 0 bridgehead atoms. The topological polar surface area (TPSA) is 51.1 Å². The van der Waals surface area contributed by atoms with Crippen molar-refractivity contribution in [1.29, 1.82) is 0 Å². The second-order valence-electron chi connectivity index (χ2n) is 5.50. The summed E-state index contributed by atoms with van der Waals surface area (Å²) >= 11 is 12.0. The third kappa shape index (κ3) is 3.79. The zero-order valence-electron chi connectivity index (χ0n) is 13.4. The summed E-state index contributed by atoms with van der Waals surface area (Å²) in [5.41, 5.74) is 0.0319. The Bertz CT molecular complexity index is 1030. The highest BCUT2D eigenvalue weighted by atomic mass is 35.5. The number of hydrogen-bond donors (Lipinski definition) is 1. The van der Waals surface area contributed by atoms with Crippen LogP contribution in [0.4, 0.5) is 10.1 Å².